The Hall–Kier alpha value is -0.0151. The summed E-state index contributed by atoms with van der Waals surface area (Å²) in [7, 11) is 1.18. The van der Waals surface area contributed by atoms with E-state index in [1.54, 1.807) is 0 Å². The largest absolute Gasteiger partial charge is 0.342 e. The first-order valence-corrected chi connectivity index (χ1v) is 13.4. The monoisotopic (exact) mass is 388 g/mol. The normalized spacial score (nSPS) is 26.3. The average Bonchev–Trinajstić information content (AvgIpc) is 2.78. The second kappa shape index (κ2) is 14.1. The number of hydrogen-bond donors (Lipinski definition) is 1. The van der Waals surface area contributed by atoms with E-state index in [-0.39, 0.29) is 0 Å². The van der Waals surface area contributed by atoms with Crippen molar-refractivity contribution in [3.05, 3.63) is 0 Å². The Morgan fingerprint density at radius 2 is 0.750 bits per heavy atom. The van der Waals surface area contributed by atoms with Crippen molar-refractivity contribution in [2.24, 2.45) is 0 Å². The van der Waals surface area contributed by atoms with Gasteiger partial charge in [0.1, 0.15) is 0 Å². The van der Waals surface area contributed by atoms with Gasteiger partial charge in [-0.1, -0.05) is 103 Å². The Kier molecular flexibility index (Phi) is 11.4. The van der Waals surface area contributed by atoms with Gasteiger partial charge in [0.15, 0.2) is 0 Å². The molecule has 0 aromatic heterocycles. The fourth-order valence-electron chi connectivity index (χ4n) is 6.16. The maximum Gasteiger partial charge on any atom is 0.289 e. The van der Waals surface area contributed by atoms with Crippen molar-refractivity contribution in [1.29, 1.82) is 0 Å². The molecule has 0 bridgehead atoms. The summed E-state index contributed by atoms with van der Waals surface area (Å²) < 4.78 is 0. The maximum absolute atomic E-state index is 4.11. The fraction of sp³-hybridized carbons (Fsp3) is 1.00. The van der Waals surface area contributed by atoms with E-state index in [0.29, 0.717) is 0 Å². The molecule has 3 aliphatic carbocycles. The fourth-order valence-corrected chi connectivity index (χ4v) is 6.16. The first-order chi connectivity index (χ1) is 13.9. The van der Waals surface area contributed by atoms with Gasteiger partial charge in [-0.2, -0.15) is 0 Å². The highest BCUT2D eigenvalue weighted by Gasteiger charge is 2.28. The van der Waals surface area contributed by atoms with Crippen LogP contribution in [0.2, 0.25) is 0 Å². The Bertz CT molecular complexity index is 341. The topological polar surface area (TPSA) is 15.3 Å². The molecule has 0 saturated heterocycles. The van der Waals surface area contributed by atoms with Gasteiger partial charge in [0, 0.05) is 12.1 Å². The molecule has 1 N–H and O–H groups in total. The maximum atomic E-state index is 4.11. The zero-order chi connectivity index (χ0) is 19.3. The smallest absolute Gasteiger partial charge is 0.289 e. The Balaban J connectivity index is 1.59. The lowest BCUT2D eigenvalue weighted by atomic mass is 9.85. The van der Waals surface area contributed by atoms with Crippen molar-refractivity contribution in [2.75, 3.05) is 0 Å². The van der Waals surface area contributed by atoms with Crippen LogP contribution in [0.4, 0.5) is 0 Å². The van der Waals surface area contributed by atoms with Crippen molar-refractivity contribution in [2.45, 2.75) is 159 Å². The van der Waals surface area contributed by atoms with Crippen LogP contribution in [0, 0.1) is 0 Å². The molecule has 0 aromatic rings. The summed E-state index contributed by atoms with van der Waals surface area (Å²) >= 11 is 0. The molecule has 0 heterocycles. The van der Waals surface area contributed by atoms with Crippen molar-refractivity contribution in [1.82, 2.24) is 10.0 Å². The summed E-state index contributed by atoms with van der Waals surface area (Å²) in [6, 6.07) is 2.49. The van der Waals surface area contributed by atoms with Crippen LogP contribution in [0.3, 0.4) is 0 Å². The van der Waals surface area contributed by atoms with Crippen LogP contribution in [0.5, 0.6) is 0 Å². The van der Waals surface area contributed by atoms with Crippen LogP contribution in [-0.2, 0) is 0 Å². The molecule has 3 fully saturated rings. The van der Waals surface area contributed by atoms with Crippen LogP contribution < -0.4 is 5.23 Å². The van der Waals surface area contributed by atoms with Crippen molar-refractivity contribution in [3.8, 4) is 0 Å². The van der Waals surface area contributed by atoms with Crippen LogP contribution >= 0.6 is 0 Å². The molecular formula is C25H49BN2. The minimum absolute atomic E-state index is 0.780. The quantitative estimate of drug-likeness (QED) is 0.517. The van der Waals surface area contributed by atoms with E-state index in [1.807, 2.05) is 0 Å². The third-order valence-electron chi connectivity index (χ3n) is 8.01. The summed E-state index contributed by atoms with van der Waals surface area (Å²) in [5.41, 5.74) is 0. The molecule has 3 heteroatoms. The first-order valence-electron chi connectivity index (χ1n) is 13.4. The van der Waals surface area contributed by atoms with Gasteiger partial charge in [-0.05, 0) is 44.6 Å². The molecule has 28 heavy (non-hydrogen) atoms. The minimum Gasteiger partial charge on any atom is -0.342 e. The molecule has 3 aliphatic rings. The molecule has 0 amide bonds. The minimum atomic E-state index is 0.780. The molecule has 0 atom stereocenters. The lowest BCUT2D eigenvalue weighted by Gasteiger charge is -2.41. The lowest BCUT2D eigenvalue weighted by Crippen LogP contribution is -2.53. The molecule has 0 aliphatic heterocycles. The van der Waals surface area contributed by atoms with E-state index < -0.39 is 0 Å². The molecule has 0 spiro atoms. The zero-order valence-electron chi connectivity index (χ0n) is 18.9. The summed E-state index contributed by atoms with van der Waals surface area (Å²) in [6.07, 6.45) is 32.2. The Labute approximate surface area is 177 Å². The highest BCUT2D eigenvalue weighted by Crippen LogP contribution is 2.28. The van der Waals surface area contributed by atoms with Gasteiger partial charge in [0.05, 0.1) is 0 Å². The lowest BCUT2D eigenvalue weighted by molar-refractivity contribution is 0.183. The third kappa shape index (κ3) is 8.38. The molecule has 162 valence electrons. The average molecular weight is 388 g/mol. The summed E-state index contributed by atoms with van der Waals surface area (Å²) in [5, 5.41) is 4.11. The van der Waals surface area contributed by atoms with E-state index >= 15 is 0 Å². The standard InChI is InChI=1S/C25H49BN2/c1-2-6-12-18-23(17-11-5-1)27-26-28(24-19-13-7-3-8-14-20-24)25-21-15-9-4-10-16-22-25/h23-27H,1-22H2. The highest BCUT2D eigenvalue weighted by atomic mass is 15.2. The van der Waals surface area contributed by atoms with E-state index in [2.05, 4.69) is 10.0 Å². The summed E-state index contributed by atoms with van der Waals surface area (Å²) in [6.45, 7) is 0. The zero-order valence-corrected chi connectivity index (χ0v) is 18.9. The van der Waals surface area contributed by atoms with E-state index in [0.717, 1.165) is 18.1 Å². The molecule has 3 rings (SSSR count). The highest BCUT2D eigenvalue weighted by molar-refractivity contribution is 6.29. The molecule has 0 aromatic carbocycles. The van der Waals surface area contributed by atoms with Gasteiger partial charge in [-0.15, -0.1) is 0 Å². The molecule has 0 unspecified atom stereocenters. The predicted octanol–water partition coefficient (Wildman–Crippen LogP) is 6.87. The number of hydrogen-bond acceptors (Lipinski definition) is 2. The number of rotatable bonds is 5. The van der Waals surface area contributed by atoms with Gasteiger partial charge < -0.3 is 10.0 Å². The van der Waals surface area contributed by atoms with E-state index in [9.17, 15) is 0 Å². The number of nitrogens with zero attached hydrogens (tertiary/aromatic N) is 1. The SMILES string of the molecule is B(NC1CCCCCCCC1)N(C1CCCCCCC1)C1CCCCCCC1. The van der Waals surface area contributed by atoms with Crippen molar-refractivity contribution >= 4 is 7.55 Å². The third-order valence-corrected chi connectivity index (χ3v) is 8.01. The molecule has 0 radical (unpaired) electrons. The van der Waals surface area contributed by atoms with Crippen LogP contribution in [0.25, 0.3) is 0 Å². The summed E-state index contributed by atoms with van der Waals surface area (Å²) in [4.78, 5) is 3.00. The van der Waals surface area contributed by atoms with E-state index in [4.69, 9.17) is 0 Å². The van der Waals surface area contributed by atoms with Gasteiger partial charge in [0.2, 0.25) is 0 Å². The summed E-state index contributed by atoms with van der Waals surface area (Å²) in [5.74, 6) is 0. The van der Waals surface area contributed by atoms with Crippen molar-refractivity contribution in [3.63, 3.8) is 0 Å². The second-order valence-corrected chi connectivity index (χ2v) is 10.3. The van der Waals surface area contributed by atoms with Crippen molar-refractivity contribution < 1.29 is 0 Å². The molecular weight excluding hydrogens is 339 g/mol. The Morgan fingerprint density at radius 3 is 1.14 bits per heavy atom. The van der Waals surface area contributed by atoms with E-state index in [1.165, 1.54) is 149 Å². The molecule has 2 nitrogen and oxygen atoms in total. The van der Waals surface area contributed by atoms with Crippen LogP contribution in [-0.4, -0.2) is 30.5 Å². The Morgan fingerprint density at radius 1 is 0.429 bits per heavy atom. The van der Waals surface area contributed by atoms with Gasteiger partial charge in [-0.3, -0.25) is 0 Å². The predicted molar refractivity (Wildman–Crippen MR) is 125 cm³/mol. The van der Waals surface area contributed by atoms with Crippen LogP contribution in [0.15, 0.2) is 0 Å². The number of nitrogens with one attached hydrogen (secondary N) is 1. The first kappa shape index (κ1) is 22.7. The second-order valence-electron chi connectivity index (χ2n) is 10.3. The van der Waals surface area contributed by atoms with Crippen LogP contribution in [0.1, 0.15) is 141 Å². The molecule has 3 saturated carbocycles. The van der Waals surface area contributed by atoms with Gasteiger partial charge in [-0.25, -0.2) is 0 Å². The van der Waals surface area contributed by atoms with Gasteiger partial charge >= 0.3 is 0 Å². The van der Waals surface area contributed by atoms with Gasteiger partial charge in [0.25, 0.3) is 7.55 Å².